The first-order valence-corrected chi connectivity index (χ1v) is 14.8. The van der Waals surface area contributed by atoms with E-state index in [0.717, 1.165) is 42.1 Å². The minimum Gasteiger partial charge on any atom is -0.393 e. The highest BCUT2D eigenvalue weighted by molar-refractivity contribution is 7.99. The molecule has 10 heteroatoms. The summed E-state index contributed by atoms with van der Waals surface area (Å²) in [5, 5.41) is 14.1. The van der Waals surface area contributed by atoms with E-state index in [1.807, 2.05) is 50.2 Å². The van der Waals surface area contributed by atoms with Crippen LogP contribution < -0.4 is 0 Å². The van der Waals surface area contributed by atoms with E-state index in [4.69, 9.17) is 16.3 Å². The topological polar surface area (TPSA) is 106 Å². The van der Waals surface area contributed by atoms with E-state index in [9.17, 15) is 19.5 Å². The van der Waals surface area contributed by atoms with E-state index in [1.54, 1.807) is 12.1 Å². The number of rotatable bonds is 10. The van der Waals surface area contributed by atoms with E-state index in [1.165, 1.54) is 11.8 Å². The number of oxime groups is 1. The largest absolute Gasteiger partial charge is 0.429 e. The highest BCUT2D eigenvalue weighted by Gasteiger charge is 2.36. The minimum absolute atomic E-state index is 0.0561. The molecule has 0 radical (unpaired) electrons. The quantitative estimate of drug-likeness (QED) is 0.119. The lowest BCUT2D eigenvalue weighted by Crippen LogP contribution is -2.54. The Morgan fingerprint density at radius 2 is 1.57 bits per heavy atom. The van der Waals surface area contributed by atoms with Gasteiger partial charge in [-0.2, -0.15) is 0 Å². The standard InChI is InChI=1S/C30H35ClN2O6S/c1-30(2,33-15-17-38-18-16-33)28(36)21-9-13-24(14-10-21)40-23-11-7-20(8-12-23)27(35)25(32-39-29(31)37)19-22-5-3-4-6-26(22)34/h7-14,22,26,34H,3-6,15-19H2,1-2H3/b32-25+. The van der Waals surface area contributed by atoms with Crippen molar-refractivity contribution in [2.45, 2.75) is 67.4 Å². The summed E-state index contributed by atoms with van der Waals surface area (Å²) in [5.41, 5.74) is -0.626. The molecule has 0 spiro atoms. The maximum absolute atomic E-state index is 13.2. The van der Waals surface area contributed by atoms with Crippen LogP contribution in [-0.2, 0) is 9.57 Å². The van der Waals surface area contributed by atoms with Crippen LogP contribution in [0.25, 0.3) is 0 Å². The molecule has 8 nitrogen and oxygen atoms in total. The zero-order valence-corrected chi connectivity index (χ0v) is 24.4. The summed E-state index contributed by atoms with van der Waals surface area (Å²) >= 11 is 6.79. The molecule has 40 heavy (non-hydrogen) atoms. The fraction of sp³-hybridized carbons (Fsp3) is 0.467. The lowest BCUT2D eigenvalue weighted by molar-refractivity contribution is -0.00430. The number of benzene rings is 2. The van der Waals surface area contributed by atoms with Gasteiger partial charge < -0.3 is 14.7 Å². The van der Waals surface area contributed by atoms with Gasteiger partial charge in [-0.25, -0.2) is 4.79 Å². The summed E-state index contributed by atoms with van der Waals surface area (Å²) < 4.78 is 5.43. The first kappa shape index (κ1) is 30.4. The monoisotopic (exact) mass is 586 g/mol. The van der Waals surface area contributed by atoms with E-state index in [-0.39, 0.29) is 29.6 Å². The second-order valence-corrected chi connectivity index (χ2v) is 12.1. The molecule has 0 aromatic heterocycles. The summed E-state index contributed by atoms with van der Waals surface area (Å²) in [6.07, 6.45) is 3.03. The van der Waals surface area contributed by atoms with Gasteiger partial charge in [0.1, 0.15) is 5.71 Å². The number of ketones is 2. The van der Waals surface area contributed by atoms with E-state index >= 15 is 0 Å². The predicted molar refractivity (Wildman–Crippen MR) is 154 cm³/mol. The van der Waals surface area contributed by atoms with Crippen molar-refractivity contribution in [2.24, 2.45) is 11.1 Å². The van der Waals surface area contributed by atoms with Crippen molar-refractivity contribution in [1.82, 2.24) is 4.90 Å². The second kappa shape index (κ2) is 13.9. The zero-order chi connectivity index (χ0) is 28.7. The SMILES string of the molecule is CC(C)(C(=O)c1ccc(Sc2ccc(C(=O)/C(CC3CCCCC3O)=N/OC(=O)Cl)cc2)cc1)N1CCOCC1. The molecule has 2 aromatic rings. The number of carbonyl (C=O) groups excluding carboxylic acids is 3. The lowest BCUT2D eigenvalue weighted by atomic mass is 9.82. The molecule has 1 heterocycles. The molecule has 1 saturated heterocycles. The van der Waals surface area contributed by atoms with Gasteiger partial charge in [-0.3, -0.25) is 14.5 Å². The Hall–Kier alpha value is -2.56. The number of morpholine rings is 1. The van der Waals surface area contributed by atoms with Gasteiger partial charge in [0, 0.05) is 52.0 Å². The Morgan fingerprint density at radius 3 is 2.15 bits per heavy atom. The third kappa shape index (κ3) is 7.79. The van der Waals surface area contributed by atoms with E-state index in [0.29, 0.717) is 30.8 Å². The summed E-state index contributed by atoms with van der Waals surface area (Å²) in [6.45, 7) is 6.65. The Labute approximate surface area is 244 Å². The minimum atomic E-state index is -1.13. The maximum Gasteiger partial charge on any atom is 0.429 e. The van der Waals surface area contributed by atoms with Crippen molar-refractivity contribution in [3.05, 3.63) is 59.7 Å². The van der Waals surface area contributed by atoms with Gasteiger partial charge in [-0.1, -0.05) is 41.9 Å². The van der Waals surface area contributed by atoms with Crippen molar-refractivity contribution in [1.29, 1.82) is 0 Å². The number of aliphatic hydroxyl groups excluding tert-OH is 1. The molecule has 1 N–H and O–H groups in total. The molecule has 2 fully saturated rings. The molecular weight excluding hydrogens is 552 g/mol. The Morgan fingerprint density at radius 1 is 1.00 bits per heavy atom. The van der Waals surface area contributed by atoms with Crippen LogP contribution in [-0.4, -0.2) is 70.7 Å². The smallest absolute Gasteiger partial charge is 0.393 e. The summed E-state index contributed by atoms with van der Waals surface area (Å²) in [6, 6.07) is 14.6. The Balaban J connectivity index is 1.41. The summed E-state index contributed by atoms with van der Waals surface area (Å²) in [7, 11) is 0. The van der Waals surface area contributed by atoms with Gasteiger partial charge in [0.2, 0.25) is 5.78 Å². The van der Waals surface area contributed by atoms with E-state index in [2.05, 4.69) is 14.9 Å². The molecule has 1 aliphatic carbocycles. The molecule has 2 atom stereocenters. The molecule has 4 rings (SSSR count). The van der Waals surface area contributed by atoms with Crippen LogP contribution in [0.2, 0.25) is 0 Å². The number of carbonyl (C=O) groups is 3. The highest BCUT2D eigenvalue weighted by atomic mass is 35.5. The summed E-state index contributed by atoms with van der Waals surface area (Å²) in [5.74, 6) is -0.431. The van der Waals surface area contributed by atoms with Crippen LogP contribution in [0.4, 0.5) is 4.79 Å². The number of hydrogen-bond acceptors (Lipinski definition) is 9. The Bertz CT molecular complexity index is 1230. The number of ether oxygens (including phenoxy) is 1. The van der Waals surface area contributed by atoms with Crippen molar-refractivity contribution < 1.29 is 29.1 Å². The van der Waals surface area contributed by atoms with Crippen molar-refractivity contribution in [2.75, 3.05) is 26.3 Å². The van der Waals surface area contributed by atoms with Gasteiger partial charge in [0.25, 0.3) is 0 Å². The zero-order valence-electron chi connectivity index (χ0n) is 22.8. The number of aliphatic hydroxyl groups is 1. The molecule has 0 amide bonds. The first-order valence-electron chi connectivity index (χ1n) is 13.6. The number of Topliss-reactive ketones (excluding diaryl/α,β-unsaturated/α-hetero) is 2. The fourth-order valence-corrected chi connectivity index (χ4v) is 6.06. The third-order valence-electron chi connectivity index (χ3n) is 7.64. The fourth-order valence-electron chi connectivity index (χ4n) is 5.21. The van der Waals surface area contributed by atoms with Crippen LogP contribution in [0.5, 0.6) is 0 Å². The molecule has 214 valence electrons. The van der Waals surface area contributed by atoms with Crippen molar-refractivity contribution in [3.8, 4) is 0 Å². The van der Waals surface area contributed by atoms with Crippen LogP contribution in [0.1, 0.15) is 66.7 Å². The van der Waals surface area contributed by atoms with Crippen molar-refractivity contribution in [3.63, 3.8) is 0 Å². The predicted octanol–water partition coefficient (Wildman–Crippen LogP) is 5.99. The van der Waals surface area contributed by atoms with Crippen LogP contribution in [0.3, 0.4) is 0 Å². The number of halogens is 1. The number of hydrogen-bond donors (Lipinski definition) is 1. The van der Waals surface area contributed by atoms with Gasteiger partial charge in [0.15, 0.2) is 5.78 Å². The van der Waals surface area contributed by atoms with Gasteiger partial charge >= 0.3 is 5.43 Å². The third-order valence-corrected chi connectivity index (χ3v) is 8.72. The average molecular weight is 587 g/mol. The van der Waals surface area contributed by atoms with E-state index < -0.39 is 17.1 Å². The average Bonchev–Trinajstić information content (AvgIpc) is 2.96. The molecule has 1 saturated carbocycles. The normalized spacial score (nSPS) is 20.6. The lowest BCUT2D eigenvalue weighted by Gasteiger charge is -2.39. The van der Waals surface area contributed by atoms with Crippen LogP contribution in [0.15, 0.2) is 63.5 Å². The highest BCUT2D eigenvalue weighted by Crippen LogP contribution is 2.31. The first-order chi connectivity index (χ1) is 19.1. The Kier molecular flexibility index (Phi) is 10.5. The maximum atomic E-state index is 13.2. The summed E-state index contributed by atoms with van der Waals surface area (Å²) in [4.78, 5) is 46.2. The van der Waals surface area contributed by atoms with Gasteiger partial charge in [0.05, 0.1) is 24.9 Å². The molecule has 2 aliphatic rings. The van der Waals surface area contributed by atoms with Crippen molar-refractivity contribution >= 4 is 46.1 Å². The van der Waals surface area contributed by atoms with Crippen LogP contribution in [0, 0.1) is 5.92 Å². The van der Waals surface area contributed by atoms with Gasteiger partial charge in [-0.05, 0) is 69.0 Å². The molecule has 2 unspecified atom stereocenters. The molecule has 2 aromatic carbocycles. The molecule has 1 aliphatic heterocycles. The second-order valence-electron chi connectivity index (χ2n) is 10.7. The molecular formula is C30H35ClN2O6S. The molecule has 0 bridgehead atoms. The van der Waals surface area contributed by atoms with Crippen LogP contribution >= 0.6 is 23.4 Å². The number of nitrogens with zero attached hydrogens (tertiary/aromatic N) is 2. The van der Waals surface area contributed by atoms with Gasteiger partial charge in [-0.15, -0.1) is 0 Å².